The largest absolute Gasteiger partial charge is 0.493 e. The van der Waals surface area contributed by atoms with Gasteiger partial charge in [0.15, 0.2) is 11.5 Å². The minimum atomic E-state index is -0.894. The minimum Gasteiger partial charge on any atom is -0.493 e. The van der Waals surface area contributed by atoms with Gasteiger partial charge in [-0.2, -0.15) is 0 Å². The van der Waals surface area contributed by atoms with Crippen LogP contribution in [0.5, 0.6) is 11.5 Å². The van der Waals surface area contributed by atoms with Crippen molar-refractivity contribution >= 4 is 11.9 Å². The number of hydrogen-bond donors (Lipinski definition) is 3. The molecule has 0 unspecified atom stereocenters. The number of nitrogens with two attached hydrogens (primary N) is 1. The van der Waals surface area contributed by atoms with Crippen molar-refractivity contribution < 1.29 is 19.1 Å². The molecule has 7 heteroatoms. The first-order chi connectivity index (χ1) is 15.1. The van der Waals surface area contributed by atoms with Crippen molar-refractivity contribution in [2.75, 3.05) is 7.11 Å². The van der Waals surface area contributed by atoms with Gasteiger partial charge in [0.05, 0.1) is 7.11 Å². The summed E-state index contributed by atoms with van der Waals surface area (Å²) >= 11 is 0. The summed E-state index contributed by atoms with van der Waals surface area (Å²) in [5.41, 5.74) is 7.77. The molecule has 0 bridgehead atoms. The van der Waals surface area contributed by atoms with Crippen LogP contribution in [-0.4, -0.2) is 19.0 Å². The van der Waals surface area contributed by atoms with Crippen LogP contribution in [0.25, 0.3) is 0 Å². The fourth-order valence-electron chi connectivity index (χ4n) is 3.10. The smallest absolute Gasteiger partial charge is 0.318 e. The number of hydrogen-bond acceptors (Lipinski definition) is 5. The molecule has 3 aromatic rings. The van der Waals surface area contributed by atoms with E-state index in [1.165, 1.54) is 0 Å². The van der Waals surface area contributed by atoms with Gasteiger partial charge in [-0.25, -0.2) is 4.79 Å². The summed E-state index contributed by atoms with van der Waals surface area (Å²) in [6.45, 7) is 0.791. The summed E-state index contributed by atoms with van der Waals surface area (Å²) in [6.07, 6.45) is 0. The summed E-state index contributed by atoms with van der Waals surface area (Å²) in [5.74, 6) is 0.697. The second-order valence-electron chi connectivity index (χ2n) is 6.84. The van der Waals surface area contributed by atoms with E-state index in [0.717, 1.165) is 16.7 Å². The predicted molar refractivity (Wildman–Crippen MR) is 118 cm³/mol. The van der Waals surface area contributed by atoms with Crippen LogP contribution in [0.3, 0.4) is 0 Å². The summed E-state index contributed by atoms with van der Waals surface area (Å²) in [5, 5.41) is 5.30. The van der Waals surface area contributed by atoms with E-state index in [4.69, 9.17) is 15.2 Å². The van der Waals surface area contributed by atoms with Crippen LogP contribution >= 0.6 is 0 Å². The van der Waals surface area contributed by atoms with Gasteiger partial charge >= 0.3 is 6.03 Å². The Labute approximate surface area is 181 Å². The Hall–Kier alpha value is -3.84. The van der Waals surface area contributed by atoms with E-state index in [2.05, 4.69) is 10.6 Å². The maximum absolute atomic E-state index is 12.5. The molecule has 4 N–H and O–H groups in total. The van der Waals surface area contributed by atoms with Crippen molar-refractivity contribution in [3.8, 4) is 11.5 Å². The van der Waals surface area contributed by atoms with Crippen molar-refractivity contribution in [3.63, 3.8) is 0 Å². The third-order valence-electron chi connectivity index (χ3n) is 4.62. The molecule has 0 aromatic heterocycles. The van der Waals surface area contributed by atoms with Gasteiger partial charge in [-0.05, 0) is 28.8 Å². The molecular weight excluding hydrogens is 394 g/mol. The molecule has 0 saturated carbocycles. The van der Waals surface area contributed by atoms with Gasteiger partial charge in [-0.1, -0.05) is 66.7 Å². The highest BCUT2D eigenvalue weighted by Crippen LogP contribution is 2.29. The Morgan fingerprint density at radius 1 is 0.903 bits per heavy atom. The lowest BCUT2D eigenvalue weighted by Gasteiger charge is -2.18. The molecule has 3 aromatic carbocycles. The quantitative estimate of drug-likeness (QED) is 0.494. The fourth-order valence-corrected chi connectivity index (χ4v) is 3.10. The second-order valence-corrected chi connectivity index (χ2v) is 6.84. The Bertz CT molecular complexity index is 1010. The van der Waals surface area contributed by atoms with E-state index in [0.29, 0.717) is 24.7 Å². The highest BCUT2D eigenvalue weighted by Gasteiger charge is 2.21. The molecule has 0 spiro atoms. The van der Waals surface area contributed by atoms with E-state index in [9.17, 15) is 9.59 Å². The lowest BCUT2D eigenvalue weighted by atomic mass is 10.1. The molecular formula is C24H25N3O4. The zero-order valence-electron chi connectivity index (χ0n) is 17.2. The third-order valence-corrected chi connectivity index (χ3v) is 4.62. The predicted octanol–water partition coefficient (Wildman–Crippen LogP) is 3.30. The third kappa shape index (κ3) is 6.32. The highest BCUT2D eigenvalue weighted by molar-refractivity contribution is 5.96. The molecule has 31 heavy (non-hydrogen) atoms. The topological polar surface area (TPSA) is 103 Å². The number of methoxy groups -OCH3 is 1. The molecule has 3 amide bonds. The monoisotopic (exact) mass is 419 g/mol. The number of amides is 3. The van der Waals surface area contributed by atoms with Crippen LogP contribution < -0.4 is 25.8 Å². The molecule has 1 atom stereocenters. The highest BCUT2D eigenvalue weighted by atomic mass is 16.5. The first-order valence-electron chi connectivity index (χ1n) is 9.79. The lowest BCUT2D eigenvalue weighted by molar-refractivity contribution is -0.122. The molecule has 3 rings (SSSR count). The lowest BCUT2D eigenvalue weighted by Crippen LogP contribution is -2.42. The molecule has 0 aliphatic carbocycles. The molecule has 0 radical (unpaired) electrons. The van der Waals surface area contributed by atoms with Crippen molar-refractivity contribution in [1.82, 2.24) is 10.6 Å². The number of rotatable bonds is 9. The standard InChI is InChI=1S/C24H25N3O4/c1-30-21-14-18(12-13-20(21)31-16-17-8-4-2-5-9-17)15-26-22(23(28)27-24(25)29)19-10-6-3-7-11-19/h2-14,22,26H,15-16H2,1H3,(H3,25,27,28,29)/t22-/m1/s1. The molecule has 0 heterocycles. The van der Waals surface area contributed by atoms with Gasteiger partial charge in [0.1, 0.15) is 12.6 Å². The van der Waals surface area contributed by atoms with Crippen LogP contribution in [0, 0.1) is 0 Å². The zero-order valence-corrected chi connectivity index (χ0v) is 17.2. The Morgan fingerprint density at radius 3 is 2.23 bits per heavy atom. The maximum Gasteiger partial charge on any atom is 0.318 e. The minimum absolute atomic E-state index is 0.362. The number of primary amides is 1. The zero-order chi connectivity index (χ0) is 22.1. The van der Waals surface area contributed by atoms with Crippen LogP contribution in [0.4, 0.5) is 4.79 Å². The SMILES string of the molecule is COc1cc(CN[C@@H](C(=O)NC(N)=O)c2ccccc2)ccc1OCc1ccccc1. The first kappa shape index (κ1) is 21.9. The molecule has 0 aliphatic heterocycles. The van der Waals surface area contributed by atoms with Crippen molar-refractivity contribution in [2.24, 2.45) is 5.73 Å². The van der Waals surface area contributed by atoms with Gasteiger partial charge in [-0.3, -0.25) is 15.4 Å². The van der Waals surface area contributed by atoms with Crippen molar-refractivity contribution in [3.05, 3.63) is 95.6 Å². The van der Waals surface area contributed by atoms with Crippen LogP contribution in [-0.2, 0) is 17.9 Å². The first-order valence-corrected chi connectivity index (χ1v) is 9.79. The number of carbonyl (C=O) groups excluding carboxylic acids is 2. The number of urea groups is 1. The Morgan fingerprint density at radius 2 is 1.58 bits per heavy atom. The van der Waals surface area contributed by atoms with Crippen molar-refractivity contribution in [2.45, 2.75) is 19.2 Å². The van der Waals surface area contributed by atoms with E-state index in [-0.39, 0.29) is 0 Å². The van der Waals surface area contributed by atoms with E-state index in [1.54, 1.807) is 19.2 Å². The Kier molecular flexibility index (Phi) is 7.61. The van der Waals surface area contributed by atoms with Crippen LogP contribution in [0.1, 0.15) is 22.7 Å². The average Bonchev–Trinajstić information content (AvgIpc) is 2.79. The summed E-state index contributed by atoms with van der Waals surface area (Å²) < 4.78 is 11.4. The molecule has 160 valence electrons. The number of ether oxygens (including phenoxy) is 2. The number of carbonyl (C=O) groups is 2. The van der Waals surface area contributed by atoms with E-state index < -0.39 is 18.0 Å². The molecule has 7 nitrogen and oxygen atoms in total. The van der Waals surface area contributed by atoms with Crippen molar-refractivity contribution in [1.29, 1.82) is 0 Å². The van der Waals surface area contributed by atoms with Crippen LogP contribution in [0.2, 0.25) is 0 Å². The van der Waals surface area contributed by atoms with E-state index >= 15 is 0 Å². The van der Waals surface area contributed by atoms with Gasteiger partial charge in [0.25, 0.3) is 0 Å². The molecule has 0 aliphatic rings. The number of imide groups is 1. The molecule has 0 saturated heterocycles. The average molecular weight is 419 g/mol. The van der Waals surface area contributed by atoms with Gasteiger partial charge < -0.3 is 15.2 Å². The fraction of sp³-hybridized carbons (Fsp3) is 0.167. The normalized spacial score (nSPS) is 11.4. The summed E-state index contributed by atoms with van der Waals surface area (Å²) in [4.78, 5) is 23.6. The summed E-state index contributed by atoms with van der Waals surface area (Å²) in [6, 6.07) is 22.9. The number of benzene rings is 3. The Balaban J connectivity index is 1.70. The van der Waals surface area contributed by atoms with E-state index in [1.807, 2.05) is 66.7 Å². The van der Waals surface area contributed by atoms with Crippen LogP contribution in [0.15, 0.2) is 78.9 Å². The summed E-state index contributed by atoms with van der Waals surface area (Å²) in [7, 11) is 1.58. The van der Waals surface area contributed by atoms with Gasteiger partial charge in [-0.15, -0.1) is 0 Å². The maximum atomic E-state index is 12.5. The van der Waals surface area contributed by atoms with Gasteiger partial charge in [0.2, 0.25) is 5.91 Å². The molecule has 0 fully saturated rings. The number of nitrogens with one attached hydrogen (secondary N) is 2. The van der Waals surface area contributed by atoms with Gasteiger partial charge in [0, 0.05) is 6.54 Å². The second kappa shape index (κ2) is 10.8.